The van der Waals surface area contributed by atoms with Crippen molar-refractivity contribution in [3.05, 3.63) is 71.2 Å². The van der Waals surface area contributed by atoms with Crippen molar-refractivity contribution < 1.29 is 22.7 Å². The van der Waals surface area contributed by atoms with Crippen molar-refractivity contribution in [2.45, 2.75) is 82.4 Å². The number of rotatable bonds is 3. The molecule has 0 aliphatic carbocycles. The highest BCUT2D eigenvalue weighted by Gasteiger charge is 2.41. The monoisotopic (exact) mass is 671 g/mol. The number of sulfonamides is 1. The third-order valence-electron chi connectivity index (χ3n) is 8.34. The van der Waals surface area contributed by atoms with E-state index in [1.165, 1.54) is 13.2 Å². The summed E-state index contributed by atoms with van der Waals surface area (Å²) in [5, 5.41) is 5.79. The van der Waals surface area contributed by atoms with Crippen molar-refractivity contribution >= 4 is 46.1 Å². The van der Waals surface area contributed by atoms with E-state index < -0.39 is 22.0 Å². The number of carbonyl (C=O) groups is 2. The van der Waals surface area contributed by atoms with Gasteiger partial charge < -0.3 is 20.3 Å². The number of hydrogen-bond donors (Lipinski definition) is 3. The number of nitrogens with zero attached hydrogens (tertiary/aromatic N) is 4. The average molecular weight is 672 g/mol. The van der Waals surface area contributed by atoms with Gasteiger partial charge in [0.05, 0.1) is 24.4 Å². The van der Waals surface area contributed by atoms with Crippen LogP contribution in [-0.4, -0.2) is 54.6 Å². The quantitative estimate of drug-likeness (QED) is 0.342. The summed E-state index contributed by atoms with van der Waals surface area (Å²) in [6.07, 6.45) is 3.50. The van der Waals surface area contributed by atoms with E-state index >= 15 is 0 Å². The summed E-state index contributed by atoms with van der Waals surface area (Å²) in [6, 6.07) is 11.5. The van der Waals surface area contributed by atoms with E-state index in [4.69, 9.17) is 9.72 Å². The highest BCUT2D eigenvalue weighted by Crippen LogP contribution is 2.41. The first kappa shape index (κ1) is 34.9. The van der Waals surface area contributed by atoms with E-state index in [1.54, 1.807) is 30.5 Å². The van der Waals surface area contributed by atoms with Crippen molar-refractivity contribution in [3.8, 4) is 0 Å². The Morgan fingerprint density at radius 1 is 1.13 bits per heavy atom. The van der Waals surface area contributed by atoms with Crippen LogP contribution in [0.5, 0.6) is 0 Å². The SMILES string of the molecule is COC(=O)NCc1ccnc(C2CC[C@@H]3CN(c4nc(C(C)(C)C)ccc4C(=O)NS(=O)(=O)c4cccc(n4)N2)C(C)(C)C3)c1.Cl. The van der Waals surface area contributed by atoms with E-state index in [0.717, 1.165) is 29.8 Å². The lowest BCUT2D eigenvalue weighted by Crippen LogP contribution is -2.41. The molecule has 0 saturated carbocycles. The van der Waals surface area contributed by atoms with Gasteiger partial charge in [-0.05, 0) is 81.0 Å². The minimum absolute atomic E-state index is 0. The Kier molecular flexibility index (Phi) is 10.2. The third-order valence-corrected chi connectivity index (χ3v) is 9.57. The number of methoxy groups -OCH3 is 1. The van der Waals surface area contributed by atoms with E-state index in [9.17, 15) is 18.0 Å². The molecule has 5 rings (SSSR count). The molecule has 3 aromatic rings. The lowest BCUT2D eigenvalue weighted by Gasteiger charge is -2.34. The fraction of sp³-hybridized carbons (Fsp3) is 0.469. The van der Waals surface area contributed by atoms with Crippen LogP contribution in [0.2, 0.25) is 0 Å². The van der Waals surface area contributed by atoms with Gasteiger partial charge in [0.2, 0.25) is 0 Å². The molecule has 0 spiro atoms. The predicted molar refractivity (Wildman–Crippen MR) is 178 cm³/mol. The molecule has 1 fully saturated rings. The predicted octanol–water partition coefficient (Wildman–Crippen LogP) is 5.12. The van der Waals surface area contributed by atoms with E-state index in [1.807, 2.05) is 12.1 Å². The van der Waals surface area contributed by atoms with Crippen molar-refractivity contribution in [1.29, 1.82) is 0 Å². The van der Waals surface area contributed by atoms with Crippen molar-refractivity contribution in [2.75, 3.05) is 23.9 Å². The molecule has 2 aliphatic rings. The molecule has 2 amide bonds. The summed E-state index contributed by atoms with van der Waals surface area (Å²) >= 11 is 0. The molecule has 2 aliphatic heterocycles. The number of pyridine rings is 3. The molecular weight excluding hydrogens is 630 g/mol. The van der Waals surface area contributed by atoms with Crippen LogP contribution in [0.1, 0.15) is 87.2 Å². The molecule has 3 N–H and O–H groups in total. The maximum atomic E-state index is 13.6. The summed E-state index contributed by atoms with van der Waals surface area (Å²) in [5.74, 6) is 0.307. The second kappa shape index (κ2) is 13.4. The Balaban J connectivity index is 0.00000480. The van der Waals surface area contributed by atoms with E-state index in [2.05, 4.69) is 64.8 Å². The number of halogens is 1. The zero-order chi connectivity index (χ0) is 32.6. The highest BCUT2D eigenvalue weighted by molar-refractivity contribution is 7.90. The maximum absolute atomic E-state index is 13.6. The molecule has 248 valence electrons. The molecule has 1 unspecified atom stereocenters. The number of anilines is 2. The average Bonchev–Trinajstić information content (AvgIpc) is 3.30. The molecule has 14 heteroatoms. The topological polar surface area (TPSA) is 156 Å². The zero-order valence-corrected chi connectivity index (χ0v) is 28.6. The van der Waals surface area contributed by atoms with E-state index in [0.29, 0.717) is 24.6 Å². The van der Waals surface area contributed by atoms with Gasteiger partial charge in [0.15, 0.2) is 5.03 Å². The van der Waals surface area contributed by atoms with Crippen molar-refractivity contribution in [3.63, 3.8) is 0 Å². The second-order valence-electron chi connectivity index (χ2n) is 13.3. The molecular formula is C32H42ClN7O5S. The summed E-state index contributed by atoms with van der Waals surface area (Å²) in [5.41, 5.74) is 1.94. The number of nitrogens with one attached hydrogen (secondary N) is 3. The number of alkyl carbamates (subject to hydrolysis) is 1. The van der Waals surface area contributed by atoms with Crippen LogP contribution < -0.4 is 20.3 Å². The molecule has 5 heterocycles. The Labute approximate surface area is 276 Å². The van der Waals surface area contributed by atoms with Gasteiger partial charge in [-0.3, -0.25) is 9.78 Å². The lowest BCUT2D eigenvalue weighted by atomic mass is 9.90. The van der Waals surface area contributed by atoms with Crippen LogP contribution in [0.4, 0.5) is 16.4 Å². The standard InChI is InChI=1S/C32H41N7O5S.ClH/c1-31(2,3)25-13-11-22-28(36-25)39-19-21(17-32(39,4)5)10-12-23(24-16-20(14-15-33-24)18-34-30(41)44-6)35-26-8-7-9-27(37-26)45(42,43)38-29(22)40;/h7-9,11,13-16,21,23H,10,12,17-19H2,1-6H3,(H,34,41)(H,35,37)(H,38,40);1H/t21-,23?;/m0./s1. The van der Waals surface area contributed by atoms with Gasteiger partial charge in [-0.1, -0.05) is 26.8 Å². The molecule has 46 heavy (non-hydrogen) atoms. The van der Waals surface area contributed by atoms with E-state index in [-0.39, 0.29) is 52.5 Å². The second-order valence-corrected chi connectivity index (χ2v) is 14.9. The number of hydrogen-bond acceptors (Lipinski definition) is 10. The zero-order valence-electron chi connectivity index (χ0n) is 27.0. The minimum Gasteiger partial charge on any atom is -0.453 e. The van der Waals surface area contributed by atoms with Crippen molar-refractivity contribution in [2.24, 2.45) is 5.92 Å². The largest absolute Gasteiger partial charge is 0.453 e. The van der Waals surface area contributed by atoms with Crippen LogP contribution in [0, 0.1) is 5.92 Å². The minimum atomic E-state index is -4.32. The first-order valence-electron chi connectivity index (χ1n) is 15.0. The lowest BCUT2D eigenvalue weighted by molar-refractivity contribution is 0.0981. The number of amides is 2. The van der Waals surface area contributed by atoms with Gasteiger partial charge in [0, 0.05) is 35.9 Å². The van der Waals surface area contributed by atoms with Gasteiger partial charge in [-0.25, -0.2) is 19.5 Å². The van der Waals surface area contributed by atoms with Crippen molar-refractivity contribution in [1.82, 2.24) is 25.0 Å². The van der Waals surface area contributed by atoms with Gasteiger partial charge in [0.1, 0.15) is 11.6 Å². The van der Waals surface area contributed by atoms with Gasteiger partial charge in [-0.2, -0.15) is 8.42 Å². The fourth-order valence-corrected chi connectivity index (χ4v) is 6.93. The van der Waals surface area contributed by atoms with Crippen LogP contribution in [0.25, 0.3) is 0 Å². The third kappa shape index (κ3) is 7.69. The summed E-state index contributed by atoms with van der Waals surface area (Å²) < 4.78 is 33.9. The van der Waals surface area contributed by atoms with Gasteiger partial charge in [-0.15, -0.1) is 12.4 Å². The normalized spacial score (nSPS) is 20.5. The molecule has 4 bridgehead atoms. The Morgan fingerprint density at radius 3 is 2.61 bits per heavy atom. The summed E-state index contributed by atoms with van der Waals surface area (Å²) in [4.78, 5) is 41.4. The fourth-order valence-electron chi connectivity index (χ4n) is 5.99. The summed E-state index contributed by atoms with van der Waals surface area (Å²) in [7, 11) is -3.01. The maximum Gasteiger partial charge on any atom is 0.407 e. The van der Waals surface area contributed by atoms with Crippen LogP contribution in [-0.2, 0) is 26.7 Å². The van der Waals surface area contributed by atoms with Gasteiger partial charge >= 0.3 is 6.09 Å². The molecule has 1 saturated heterocycles. The number of aromatic nitrogens is 3. The van der Waals surface area contributed by atoms with Crippen LogP contribution in [0.3, 0.4) is 0 Å². The number of ether oxygens (including phenoxy) is 1. The smallest absolute Gasteiger partial charge is 0.407 e. The molecule has 12 nitrogen and oxygen atoms in total. The highest BCUT2D eigenvalue weighted by atomic mass is 35.5. The summed E-state index contributed by atoms with van der Waals surface area (Å²) in [6.45, 7) is 11.3. The molecule has 0 radical (unpaired) electrons. The van der Waals surface area contributed by atoms with Crippen LogP contribution in [0.15, 0.2) is 53.7 Å². The molecule has 3 aromatic heterocycles. The van der Waals surface area contributed by atoms with Gasteiger partial charge in [0.25, 0.3) is 15.9 Å². The van der Waals surface area contributed by atoms with Crippen LogP contribution >= 0.6 is 12.4 Å². The molecule has 0 aromatic carbocycles. The Morgan fingerprint density at radius 2 is 1.89 bits per heavy atom. The first-order chi connectivity index (χ1) is 21.2. The number of carbonyl (C=O) groups excluding carboxylic acids is 2. The Hall–Kier alpha value is -3.97. The Bertz CT molecular complexity index is 1710. The molecule has 2 atom stereocenters. The number of fused-ring (bicyclic) bond motifs is 6. The first-order valence-corrected chi connectivity index (χ1v) is 16.5.